The standard InChI is InChI=1S/C13H19NS/c1-4-14-13-12(9(2)3)10-7-5-6-8-11(10)15-13/h4,9,12H,1,5-8H2,2-3H3. The first-order chi connectivity index (χ1) is 7.24. The Bertz CT molecular complexity index is 325. The van der Waals surface area contributed by atoms with Crippen molar-refractivity contribution in [1.82, 2.24) is 0 Å². The topological polar surface area (TPSA) is 12.4 Å². The second kappa shape index (κ2) is 4.56. The summed E-state index contributed by atoms with van der Waals surface area (Å²) in [5.41, 5.74) is 1.68. The molecule has 2 aliphatic rings. The second-order valence-electron chi connectivity index (χ2n) is 4.63. The number of nitrogens with zero attached hydrogens (tertiary/aromatic N) is 1. The molecule has 0 aromatic carbocycles. The highest BCUT2D eigenvalue weighted by Crippen LogP contribution is 2.48. The molecule has 1 atom stereocenters. The molecule has 0 bridgehead atoms. The van der Waals surface area contributed by atoms with Crippen LogP contribution < -0.4 is 0 Å². The van der Waals surface area contributed by atoms with Gasteiger partial charge in [-0.05, 0) is 36.5 Å². The molecule has 2 rings (SSSR count). The van der Waals surface area contributed by atoms with Gasteiger partial charge >= 0.3 is 0 Å². The summed E-state index contributed by atoms with van der Waals surface area (Å²) in [6, 6.07) is 0. The van der Waals surface area contributed by atoms with Crippen LogP contribution in [0.4, 0.5) is 0 Å². The Hall–Kier alpha value is -0.500. The number of allylic oxidation sites excluding steroid dienone is 2. The van der Waals surface area contributed by atoms with Crippen molar-refractivity contribution in [1.29, 1.82) is 0 Å². The highest BCUT2D eigenvalue weighted by Gasteiger charge is 2.34. The van der Waals surface area contributed by atoms with E-state index in [9.17, 15) is 0 Å². The van der Waals surface area contributed by atoms with Gasteiger partial charge < -0.3 is 0 Å². The first-order valence-electron chi connectivity index (χ1n) is 5.82. The van der Waals surface area contributed by atoms with Crippen LogP contribution in [0, 0.1) is 11.8 Å². The fraction of sp³-hybridized carbons (Fsp3) is 0.615. The van der Waals surface area contributed by atoms with Gasteiger partial charge in [-0.25, -0.2) is 0 Å². The molecule has 15 heavy (non-hydrogen) atoms. The molecule has 0 saturated carbocycles. The maximum atomic E-state index is 4.45. The third-order valence-corrected chi connectivity index (χ3v) is 4.49. The second-order valence-corrected chi connectivity index (χ2v) is 5.74. The van der Waals surface area contributed by atoms with Crippen molar-refractivity contribution in [2.45, 2.75) is 39.5 Å². The fourth-order valence-corrected chi connectivity index (χ4v) is 4.10. The van der Waals surface area contributed by atoms with E-state index in [1.165, 1.54) is 30.7 Å². The molecule has 0 spiro atoms. The van der Waals surface area contributed by atoms with E-state index in [-0.39, 0.29) is 0 Å². The summed E-state index contributed by atoms with van der Waals surface area (Å²) in [5, 5.41) is 1.28. The quantitative estimate of drug-likeness (QED) is 0.674. The van der Waals surface area contributed by atoms with Crippen molar-refractivity contribution in [2.75, 3.05) is 0 Å². The molecule has 0 N–H and O–H groups in total. The molecule has 0 saturated heterocycles. The molecule has 1 nitrogen and oxygen atoms in total. The van der Waals surface area contributed by atoms with E-state index in [4.69, 9.17) is 0 Å². The Morgan fingerprint density at radius 1 is 1.40 bits per heavy atom. The summed E-state index contributed by atoms with van der Waals surface area (Å²) >= 11 is 1.91. The lowest BCUT2D eigenvalue weighted by molar-refractivity contribution is 0.523. The number of thioether (sulfide) groups is 1. The van der Waals surface area contributed by atoms with Gasteiger partial charge in [0.05, 0.1) is 5.04 Å². The molecule has 1 aliphatic heterocycles. The Balaban J connectivity index is 2.30. The van der Waals surface area contributed by atoms with Crippen molar-refractivity contribution in [2.24, 2.45) is 16.8 Å². The van der Waals surface area contributed by atoms with Gasteiger partial charge in [0.15, 0.2) is 0 Å². The van der Waals surface area contributed by atoms with Crippen LogP contribution in [0.15, 0.2) is 28.2 Å². The normalized spacial score (nSPS) is 28.7. The van der Waals surface area contributed by atoms with Gasteiger partial charge in [-0.2, -0.15) is 0 Å². The van der Waals surface area contributed by atoms with Gasteiger partial charge in [0.25, 0.3) is 0 Å². The lowest BCUT2D eigenvalue weighted by Gasteiger charge is -2.21. The number of aliphatic imine (C=N–C) groups is 1. The van der Waals surface area contributed by atoms with Crippen molar-refractivity contribution in [3.8, 4) is 0 Å². The molecule has 0 aromatic rings. The third-order valence-electron chi connectivity index (χ3n) is 3.21. The molecule has 1 aliphatic carbocycles. The summed E-state index contributed by atoms with van der Waals surface area (Å²) in [6.45, 7) is 8.32. The van der Waals surface area contributed by atoms with Gasteiger partial charge in [0.2, 0.25) is 0 Å². The molecule has 1 heterocycles. The van der Waals surface area contributed by atoms with Crippen LogP contribution in [0.25, 0.3) is 0 Å². The SMILES string of the molecule is C=CN=C1SC2=C(CCCC2)C1C(C)C. The third kappa shape index (κ3) is 2.05. The molecule has 0 radical (unpaired) electrons. The zero-order valence-corrected chi connectivity index (χ0v) is 10.4. The molecular weight excluding hydrogens is 202 g/mol. The average Bonchev–Trinajstić information content (AvgIpc) is 2.56. The fourth-order valence-electron chi connectivity index (χ4n) is 2.57. The minimum absolute atomic E-state index is 0.586. The maximum absolute atomic E-state index is 4.45. The predicted octanol–water partition coefficient (Wildman–Crippen LogP) is 4.38. The Morgan fingerprint density at radius 2 is 2.13 bits per heavy atom. The van der Waals surface area contributed by atoms with E-state index in [0.717, 1.165) is 0 Å². The van der Waals surface area contributed by atoms with E-state index in [1.54, 1.807) is 16.7 Å². The number of hydrogen-bond acceptors (Lipinski definition) is 2. The highest BCUT2D eigenvalue weighted by atomic mass is 32.2. The van der Waals surface area contributed by atoms with Crippen molar-refractivity contribution < 1.29 is 0 Å². The first kappa shape index (κ1) is 11.0. The minimum atomic E-state index is 0.586. The molecule has 0 fully saturated rings. The van der Waals surface area contributed by atoms with E-state index in [1.807, 2.05) is 11.8 Å². The van der Waals surface area contributed by atoms with E-state index < -0.39 is 0 Å². The van der Waals surface area contributed by atoms with E-state index >= 15 is 0 Å². The largest absolute Gasteiger partial charge is 0.254 e. The van der Waals surface area contributed by atoms with Crippen LogP contribution in [0.1, 0.15) is 39.5 Å². The summed E-state index contributed by atoms with van der Waals surface area (Å²) in [7, 11) is 0. The molecular formula is C13H19NS. The van der Waals surface area contributed by atoms with Crippen LogP contribution in [0.2, 0.25) is 0 Å². The zero-order chi connectivity index (χ0) is 10.8. The van der Waals surface area contributed by atoms with Crippen LogP contribution >= 0.6 is 11.8 Å². The van der Waals surface area contributed by atoms with E-state index in [2.05, 4.69) is 25.4 Å². The zero-order valence-electron chi connectivity index (χ0n) is 9.62. The van der Waals surface area contributed by atoms with Crippen LogP contribution in [-0.2, 0) is 0 Å². The molecule has 0 aromatic heterocycles. The van der Waals surface area contributed by atoms with Gasteiger partial charge in [-0.3, -0.25) is 4.99 Å². The van der Waals surface area contributed by atoms with Crippen molar-refractivity contribution in [3.63, 3.8) is 0 Å². The van der Waals surface area contributed by atoms with Crippen LogP contribution in [-0.4, -0.2) is 5.04 Å². The lowest BCUT2D eigenvalue weighted by Crippen LogP contribution is -2.16. The smallest absolute Gasteiger partial charge is 0.0850 e. The van der Waals surface area contributed by atoms with Gasteiger partial charge in [0.1, 0.15) is 0 Å². The summed E-state index contributed by atoms with van der Waals surface area (Å²) < 4.78 is 0. The number of hydrogen-bond donors (Lipinski definition) is 0. The van der Waals surface area contributed by atoms with Crippen LogP contribution in [0.5, 0.6) is 0 Å². The Kier molecular flexibility index (Phi) is 3.35. The van der Waals surface area contributed by atoms with Crippen molar-refractivity contribution >= 4 is 16.8 Å². The summed E-state index contributed by atoms with van der Waals surface area (Å²) in [4.78, 5) is 6.06. The lowest BCUT2D eigenvalue weighted by atomic mass is 9.83. The predicted molar refractivity (Wildman–Crippen MR) is 69.0 cm³/mol. The van der Waals surface area contributed by atoms with Gasteiger partial charge in [0, 0.05) is 12.1 Å². The van der Waals surface area contributed by atoms with E-state index in [0.29, 0.717) is 11.8 Å². The average molecular weight is 221 g/mol. The van der Waals surface area contributed by atoms with Gasteiger partial charge in [-0.15, -0.1) is 0 Å². The monoisotopic (exact) mass is 221 g/mol. The molecule has 1 unspecified atom stereocenters. The first-order valence-corrected chi connectivity index (χ1v) is 6.64. The summed E-state index contributed by atoms with van der Waals surface area (Å²) in [6.07, 6.45) is 6.99. The maximum Gasteiger partial charge on any atom is 0.0850 e. The molecule has 0 amide bonds. The molecule has 2 heteroatoms. The summed E-state index contributed by atoms with van der Waals surface area (Å²) in [5.74, 6) is 1.25. The molecule has 82 valence electrons. The Morgan fingerprint density at radius 3 is 2.80 bits per heavy atom. The highest BCUT2D eigenvalue weighted by molar-refractivity contribution is 8.17. The van der Waals surface area contributed by atoms with Crippen molar-refractivity contribution in [3.05, 3.63) is 23.3 Å². The van der Waals surface area contributed by atoms with Gasteiger partial charge in [-0.1, -0.05) is 37.8 Å². The van der Waals surface area contributed by atoms with Crippen LogP contribution in [0.3, 0.4) is 0 Å². The minimum Gasteiger partial charge on any atom is -0.254 e. The number of rotatable bonds is 2. The Labute approximate surface area is 96.7 Å².